The first-order valence-corrected chi connectivity index (χ1v) is 17.5. The van der Waals surface area contributed by atoms with E-state index < -0.39 is 5.41 Å². The molecule has 0 N–H and O–H groups in total. The second kappa shape index (κ2) is 13.7. The molecule has 0 saturated heterocycles. The van der Waals surface area contributed by atoms with Gasteiger partial charge in [-0.15, -0.1) is 0 Å². The van der Waals surface area contributed by atoms with Crippen molar-refractivity contribution in [3.63, 3.8) is 0 Å². The van der Waals surface area contributed by atoms with E-state index in [1.54, 1.807) is 12.1 Å². The number of halogens is 2. The molecule has 0 radical (unpaired) electrons. The van der Waals surface area contributed by atoms with Crippen LogP contribution in [0.5, 0.6) is 0 Å². The highest BCUT2D eigenvalue weighted by molar-refractivity contribution is 9.10. The Morgan fingerprint density at radius 3 is 2.19 bits per heavy atom. The Kier molecular flexibility index (Phi) is 9.59. The lowest BCUT2D eigenvalue weighted by Gasteiger charge is -2.38. The molecule has 1 heterocycles. The third-order valence-electron chi connectivity index (χ3n) is 10.2. The van der Waals surface area contributed by atoms with Crippen molar-refractivity contribution in [2.75, 3.05) is 11.9 Å². The molecule has 4 aromatic rings. The molecule has 1 saturated carbocycles. The lowest BCUT2D eigenvalue weighted by Crippen LogP contribution is -2.34. The predicted octanol–water partition coefficient (Wildman–Crippen LogP) is 11.4. The third kappa shape index (κ3) is 6.36. The van der Waals surface area contributed by atoms with Gasteiger partial charge in [0.15, 0.2) is 0 Å². The molecular weight excluding hydrogens is 668 g/mol. The number of nitro benzene ring substituents is 1. The Hall–Kier alpha value is -3.93. The van der Waals surface area contributed by atoms with Crippen LogP contribution >= 0.6 is 27.5 Å². The van der Waals surface area contributed by atoms with E-state index in [2.05, 4.69) is 126 Å². The summed E-state index contributed by atoms with van der Waals surface area (Å²) in [6.45, 7) is 6.94. The monoisotopic (exact) mass is 706 g/mol. The fourth-order valence-corrected chi connectivity index (χ4v) is 8.88. The number of likely N-dealkylation sites (N-methyl/N-ethyl adjacent to an activating group) is 1. The topological polar surface area (TPSA) is 46.4 Å². The molecule has 6 rings (SSSR count). The molecule has 1 aliphatic heterocycles. The van der Waals surface area contributed by atoms with Crippen LogP contribution in [-0.4, -0.2) is 12.0 Å². The van der Waals surface area contributed by atoms with Crippen molar-refractivity contribution in [1.82, 2.24) is 0 Å². The standard InChI is InChI=1S/C41H40BrClN2O2/c1-29-20-21-33(43)24-35(29)41(27-31-15-7-4-8-16-31,28-32-17-9-5-10-18-32)30(2)14-13-19-38-40(22-11-6-12-23-40)36-25-34(45(46)47)26-37(42)39(36)44(38)3/h4-5,7-10,13-21,24-26H,2,6,11-12,22-23,27-28H2,1,3H3/b14-13+,38-19+. The van der Waals surface area contributed by atoms with Gasteiger partial charge in [-0.05, 0) is 100 Å². The summed E-state index contributed by atoms with van der Waals surface area (Å²) < 4.78 is 0.757. The van der Waals surface area contributed by atoms with E-state index in [1.807, 2.05) is 6.07 Å². The molecule has 0 bridgehead atoms. The van der Waals surface area contributed by atoms with Crippen LogP contribution in [0.2, 0.25) is 5.02 Å². The quantitative estimate of drug-likeness (QED) is 0.0988. The van der Waals surface area contributed by atoms with E-state index in [0.717, 1.165) is 59.8 Å². The lowest BCUT2D eigenvalue weighted by molar-refractivity contribution is -0.385. The number of non-ortho nitro benzene ring substituents is 1. The number of rotatable bonds is 9. The van der Waals surface area contributed by atoms with Gasteiger partial charge in [0.1, 0.15) is 0 Å². The van der Waals surface area contributed by atoms with Crippen LogP contribution in [0, 0.1) is 17.0 Å². The second-order valence-corrected chi connectivity index (χ2v) is 14.4. The van der Waals surface area contributed by atoms with Gasteiger partial charge in [-0.3, -0.25) is 10.1 Å². The van der Waals surface area contributed by atoms with Crippen molar-refractivity contribution in [2.24, 2.45) is 0 Å². The van der Waals surface area contributed by atoms with Crippen molar-refractivity contribution in [1.29, 1.82) is 0 Å². The van der Waals surface area contributed by atoms with Crippen molar-refractivity contribution < 1.29 is 4.92 Å². The Morgan fingerprint density at radius 1 is 0.979 bits per heavy atom. The minimum absolute atomic E-state index is 0.127. The summed E-state index contributed by atoms with van der Waals surface area (Å²) in [5.41, 5.74) is 8.45. The Bertz CT molecular complexity index is 1820. The molecule has 2 aliphatic rings. The van der Waals surface area contributed by atoms with Gasteiger partial charge in [0.25, 0.3) is 5.69 Å². The largest absolute Gasteiger partial charge is 0.346 e. The number of nitrogens with zero attached hydrogens (tertiary/aromatic N) is 2. The molecule has 4 nitrogen and oxygen atoms in total. The summed E-state index contributed by atoms with van der Waals surface area (Å²) in [4.78, 5) is 13.8. The smallest absolute Gasteiger partial charge is 0.271 e. The number of aryl methyl sites for hydroxylation is 1. The highest BCUT2D eigenvalue weighted by atomic mass is 79.9. The van der Waals surface area contributed by atoms with Crippen molar-refractivity contribution in [2.45, 2.75) is 62.7 Å². The van der Waals surface area contributed by atoms with Crippen molar-refractivity contribution in [3.05, 3.63) is 174 Å². The van der Waals surface area contributed by atoms with Gasteiger partial charge in [-0.1, -0.05) is 116 Å². The Labute approximate surface area is 291 Å². The van der Waals surface area contributed by atoms with E-state index in [9.17, 15) is 10.1 Å². The molecule has 240 valence electrons. The molecule has 0 atom stereocenters. The molecule has 0 unspecified atom stereocenters. The van der Waals surface area contributed by atoms with Gasteiger partial charge in [-0.25, -0.2) is 0 Å². The summed E-state index contributed by atoms with van der Waals surface area (Å²) >= 11 is 10.4. The fourth-order valence-electron chi connectivity index (χ4n) is 7.99. The molecule has 0 aromatic heterocycles. The van der Waals surface area contributed by atoms with Crippen LogP contribution < -0.4 is 4.90 Å². The summed E-state index contributed by atoms with van der Waals surface area (Å²) in [5.74, 6) is 0. The van der Waals surface area contributed by atoms with Gasteiger partial charge < -0.3 is 4.90 Å². The SMILES string of the molecule is C=C(/C=C/C=C1/N(C)c2c(Br)cc([N+](=O)[O-])cc2C12CCCCC2)C(Cc1ccccc1)(Cc1ccccc1)c1cc(Cl)ccc1C. The van der Waals surface area contributed by atoms with Crippen LogP contribution in [0.25, 0.3) is 0 Å². The van der Waals surface area contributed by atoms with Gasteiger partial charge in [0.2, 0.25) is 0 Å². The number of allylic oxidation sites excluding steroid dienone is 5. The molecular formula is C41H40BrClN2O2. The maximum Gasteiger partial charge on any atom is 0.271 e. The summed E-state index contributed by atoms with van der Waals surface area (Å²) in [7, 11) is 2.08. The molecule has 4 aromatic carbocycles. The minimum atomic E-state index is -0.469. The fraction of sp³-hybridized carbons (Fsp3) is 0.268. The van der Waals surface area contributed by atoms with E-state index in [4.69, 9.17) is 18.2 Å². The van der Waals surface area contributed by atoms with E-state index in [-0.39, 0.29) is 16.0 Å². The first-order valence-electron chi connectivity index (χ1n) is 16.3. The zero-order chi connectivity index (χ0) is 33.2. The first kappa shape index (κ1) is 33.0. The normalized spacial score (nSPS) is 16.6. The average molecular weight is 708 g/mol. The third-order valence-corrected chi connectivity index (χ3v) is 11.1. The molecule has 47 heavy (non-hydrogen) atoms. The van der Waals surface area contributed by atoms with E-state index >= 15 is 0 Å². The summed E-state index contributed by atoms with van der Waals surface area (Å²) in [5, 5.41) is 12.6. The number of anilines is 1. The molecule has 1 aliphatic carbocycles. The summed E-state index contributed by atoms with van der Waals surface area (Å²) in [6.07, 6.45) is 13.3. The first-order chi connectivity index (χ1) is 22.6. The maximum absolute atomic E-state index is 11.9. The number of nitro groups is 1. The van der Waals surface area contributed by atoms with Crippen LogP contribution in [0.1, 0.15) is 59.9 Å². The van der Waals surface area contributed by atoms with Gasteiger partial charge in [-0.2, -0.15) is 0 Å². The highest BCUT2D eigenvalue weighted by Gasteiger charge is 2.48. The predicted molar refractivity (Wildman–Crippen MR) is 198 cm³/mol. The second-order valence-electron chi connectivity index (χ2n) is 13.1. The van der Waals surface area contributed by atoms with Crippen LogP contribution in [0.4, 0.5) is 11.4 Å². The highest BCUT2D eigenvalue weighted by Crippen LogP contribution is 2.57. The molecule has 0 amide bonds. The zero-order valence-corrected chi connectivity index (χ0v) is 29.4. The molecule has 1 spiro atoms. The number of hydrogen-bond acceptors (Lipinski definition) is 3. The van der Waals surface area contributed by atoms with Crippen LogP contribution in [0.15, 0.2) is 132 Å². The van der Waals surface area contributed by atoms with E-state index in [1.165, 1.54) is 34.4 Å². The van der Waals surface area contributed by atoms with Gasteiger partial charge in [0, 0.05) is 45.2 Å². The lowest BCUT2D eigenvalue weighted by atomic mass is 9.65. The van der Waals surface area contributed by atoms with E-state index in [0.29, 0.717) is 5.02 Å². The zero-order valence-electron chi connectivity index (χ0n) is 27.0. The van der Waals surface area contributed by atoms with Gasteiger partial charge >= 0.3 is 0 Å². The Balaban J connectivity index is 1.47. The molecule has 6 heteroatoms. The van der Waals surface area contributed by atoms with Crippen molar-refractivity contribution in [3.8, 4) is 0 Å². The van der Waals surface area contributed by atoms with Crippen LogP contribution in [-0.2, 0) is 23.7 Å². The number of benzene rings is 4. The minimum Gasteiger partial charge on any atom is -0.346 e. The molecule has 1 fully saturated rings. The average Bonchev–Trinajstić information content (AvgIpc) is 3.29. The summed E-state index contributed by atoms with van der Waals surface area (Å²) in [6, 6.07) is 30.8. The van der Waals surface area contributed by atoms with Gasteiger partial charge in [0.05, 0.1) is 10.6 Å². The van der Waals surface area contributed by atoms with Crippen LogP contribution in [0.3, 0.4) is 0 Å². The number of hydrogen-bond donors (Lipinski definition) is 0. The maximum atomic E-state index is 11.9. The Morgan fingerprint density at radius 2 is 1.60 bits per heavy atom. The number of fused-ring (bicyclic) bond motifs is 2. The van der Waals surface area contributed by atoms with Crippen molar-refractivity contribution >= 4 is 38.9 Å².